The predicted molar refractivity (Wildman–Crippen MR) is 113 cm³/mol. The Balaban J connectivity index is 1.58. The molecule has 0 unspecified atom stereocenters. The standard InChI is InChI=1S/C21H21N5O2S/c1-15-18(21(24-14-23-15)26-7-10-27-11-8-26)6-5-17-12-19(16(2)22-13-17)25-29-20-4-3-9-28-20/h3-4,9,12-14,25H,7-8,10-11H2,1-2H3. The van der Waals surface area contributed by atoms with Crippen molar-refractivity contribution in [2.24, 2.45) is 0 Å². The van der Waals surface area contributed by atoms with Crippen LogP contribution in [0.4, 0.5) is 11.5 Å². The van der Waals surface area contributed by atoms with Gasteiger partial charge in [-0.15, -0.1) is 0 Å². The number of ether oxygens (including phenoxy) is 1. The van der Waals surface area contributed by atoms with Crippen LogP contribution in [0.2, 0.25) is 0 Å². The van der Waals surface area contributed by atoms with Crippen molar-refractivity contribution in [3.05, 3.63) is 59.5 Å². The number of hydrogen-bond acceptors (Lipinski definition) is 8. The van der Waals surface area contributed by atoms with Crippen molar-refractivity contribution in [2.45, 2.75) is 18.9 Å². The monoisotopic (exact) mass is 407 g/mol. The van der Waals surface area contributed by atoms with Gasteiger partial charge in [0.1, 0.15) is 12.1 Å². The van der Waals surface area contributed by atoms with Crippen molar-refractivity contribution >= 4 is 23.5 Å². The van der Waals surface area contributed by atoms with Crippen molar-refractivity contribution in [3.8, 4) is 11.8 Å². The Morgan fingerprint density at radius 1 is 1.10 bits per heavy atom. The molecule has 3 aromatic rings. The van der Waals surface area contributed by atoms with Crippen LogP contribution in [0.3, 0.4) is 0 Å². The van der Waals surface area contributed by atoms with Crippen LogP contribution in [-0.4, -0.2) is 41.3 Å². The fourth-order valence-corrected chi connectivity index (χ4v) is 3.56. The molecule has 1 N–H and O–H groups in total. The van der Waals surface area contributed by atoms with Crippen molar-refractivity contribution < 1.29 is 9.15 Å². The number of morpholine rings is 1. The van der Waals surface area contributed by atoms with Crippen LogP contribution in [0.5, 0.6) is 0 Å². The maximum Gasteiger partial charge on any atom is 0.180 e. The maximum atomic E-state index is 5.45. The average molecular weight is 407 g/mol. The second-order valence-electron chi connectivity index (χ2n) is 6.50. The zero-order valence-electron chi connectivity index (χ0n) is 16.3. The lowest BCUT2D eigenvalue weighted by Crippen LogP contribution is -2.37. The van der Waals surface area contributed by atoms with Crippen LogP contribution in [0.15, 0.2) is 46.5 Å². The van der Waals surface area contributed by atoms with Crippen LogP contribution >= 0.6 is 11.9 Å². The molecule has 0 aliphatic carbocycles. The molecular formula is C21H21N5O2S. The van der Waals surface area contributed by atoms with E-state index in [9.17, 15) is 0 Å². The summed E-state index contributed by atoms with van der Waals surface area (Å²) in [5, 5.41) is 0.785. The van der Waals surface area contributed by atoms with Gasteiger partial charge in [-0.1, -0.05) is 11.8 Å². The van der Waals surface area contributed by atoms with E-state index in [0.29, 0.717) is 13.2 Å². The summed E-state index contributed by atoms with van der Waals surface area (Å²) in [6.07, 6.45) is 5.01. The zero-order chi connectivity index (χ0) is 20.1. The van der Waals surface area contributed by atoms with E-state index in [2.05, 4.69) is 36.4 Å². The summed E-state index contributed by atoms with van der Waals surface area (Å²) in [7, 11) is 0. The van der Waals surface area contributed by atoms with Gasteiger partial charge in [-0.25, -0.2) is 9.97 Å². The molecule has 29 heavy (non-hydrogen) atoms. The van der Waals surface area contributed by atoms with Crippen LogP contribution in [0.1, 0.15) is 22.5 Å². The molecule has 7 nitrogen and oxygen atoms in total. The molecule has 0 aromatic carbocycles. The van der Waals surface area contributed by atoms with E-state index in [-0.39, 0.29) is 0 Å². The van der Waals surface area contributed by atoms with Gasteiger partial charge in [0.25, 0.3) is 0 Å². The fraction of sp³-hybridized carbons (Fsp3) is 0.286. The molecule has 0 radical (unpaired) electrons. The molecule has 0 saturated carbocycles. The SMILES string of the molecule is Cc1ncc(C#Cc2c(C)ncnc2N2CCOCC2)cc1NSc1ccco1. The smallest absolute Gasteiger partial charge is 0.180 e. The number of rotatable bonds is 4. The summed E-state index contributed by atoms with van der Waals surface area (Å²) < 4.78 is 14.1. The van der Waals surface area contributed by atoms with Crippen molar-refractivity contribution in [2.75, 3.05) is 35.9 Å². The summed E-state index contributed by atoms with van der Waals surface area (Å²) in [6, 6.07) is 5.74. The molecule has 0 atom stereocenters. The number of hydrogen-bond donors (Lipinski definition) is 1. The molecule has 4 rings (SSSR count). The normalized spacial score (nSPS) is 13.7. The third kappa shape index (κ3) is 4.70. The second-order valence-corrected chi connectivity index (χ2v) is 7.31. The lowest BCUT2D eigenvalue weighted by atomic mass is 10.1. The summed E-state index contributed by atoms with van der Waals surface area (Å²) in [5.74, 6) is 7.34. The molecule has 3 aromatic heterocycles. The number of anilines is 2. The zero-order valence-corrected chi connectivity index (χ0v) is 17.1. The van der Waals surface area contributed by atoms with Crippen molar-refractivity contribution in [1.29, 1.82) is 0 Å². The highest BCUT2D eigenvalue weighted by Crippen LogP contribution is 2.24. The Hall–Kier alpha value is -3.02. The van der Waals surface area contributed by atoms with Gasteiger partial charge in [0, 0.05) is 36.8 Å². The van der Waals surface area contributed by atoms with E-state index in [0.717, 1.165) is 52.2 Å². The van der Waals surface area contributed by atoms with Crippen LogP contribution in [0, 0.1) is 25.7 Å². The molecule has 1 aliphatic heterocycles. The molecular weight excluding hydrogens is 386 g/mol. The quantitative estimate of drug-likeness (QED) is 0.521. The van der Waals surface area contributed by atoms with E-state index in [1.165, 1.54) is 11.9 Å². The van der Waals surface area contributed by atoms with E-state index < -0.39 is 0 Å². The molecule has 1 fully saturated rings. The van der Waals surface area contributed by atoms with Gasteiger partial charge in [-0.3, -0.25) is 4.98 Å². The maximum absolute atomic E-state index is 5.45. The van der Waals surface area contributed by atoms with Crippen LogP contribution in [0.25, 0.3) is 0 Å². The summed E-state index contributed by atoms with van der Waals surface area (Å²) >= 11 is 1.40. The first kappa shape index (κ1) is 19.3. The number of nitrogens with zero attached hydrogens (tertiary/aromatic N) is 4. The highest BCUT2D eigenvalue weighted by Gasteiger charge is 2.17. The lowest BCUT2D eigenvalue weighted by molar-refractivity contribution is 0.122. The van der Waals surface area contributed by atoms with Crippen LogP contribution in [-0.2, 0) is 4.74 Å². The third-order valence-electron chi connectivity index (χ3n) is 4.50. The van der Waals surface area contributed by atoms with E-state index in [4.69, 9.17) is 9.15 Å². The molecule has 4 heterocycles. The fourth-order valence-electron chi connectivity index (χ4n) is 2.89. The largest absolute Gasteiger partial charge is 0.456 e. The number of pyridine rings is 1. The van der Waals surface area contributed by atoms with Gasteiger partial charge < -0.3 is 18.8 Å². The Morgan fingerprint density at radius 3 is 2.76 bits per heavy atom. The number of aromatic nitrogens is 3. The Morgan fingerprint density at radius 2 is 1.97 bits per heavy atom. The molecule has 8 heteroatoms. The Bertz CT molecular complexity index is 1040. The first-order valence-corrected chi connectivity index (χ1v) is 10.1. The van der Waals surface area contributed by atoms with Crippen LogP contribution < -0.4 is 9.62 Å². The lowest BCUT2D eigenvalue weighted by Gasteiger charge is -2.28. The molecule has 0 bridgehead atoms. The minimum atomic E-state index is 0.695. The minimum Gasteiger partial charge on any atom is -0.456 e. The molecule has 1 saturated heterocycles. The molecule has 0 spiro atoms. The topological polar surface area (TPSA) is 76.3 Å². The molecule has 0 amide bonds. The van der Waals surface area contributed by atoms with Crippen molar-refractivity contribution in [1.82, 2.24) is 15.0 Å². The number of furan rings is 1. The Kier molecular flexibility index (Phi) is 5.98. The minimum absolute atomic E-state index is 0.695. The Labute approximate surface area is 174 Å². The van der Waals surface area contributed by atoms with Crippen molar-refractivity contribution in [3.63, 3.8) is 0 Å². The van der Waals surface area contributed by atoms with Gasteiger partial charge in [-0.2, -0.15) is 0 Å². The molecule has 1 aliphatic rings. The second kappa shape index (κ2) is 8.99. The van der Waals surface area contributed by atoms with Gasteiger partial charge >= 0.3 is 0 Å². The number of aryl methyl sites for hydroxylation is 2. The average Bonchev–Trinajstić information content (AvgIpc) is 3.27. The van der Waals surface area contributed by atoms with Gasteiger partial charge in [0.05, 0.1) is 42.1 Å². The first-order chi connectivity index (χ1) is 14.2. The van der Waals surface area contributed by atoms with E-state index >= 15 is 0 Å². The summed E-state index contributed by atoms with van der Waals surface area (Å²) in [5.41, 5.74) is 4.31. The highest BCUT2D eigenvalue weighted by molar-refractivity contribution is 8.00. The highest BCUT2D eigenvalue weighted by atomic mass is 32.2. The predicted octanol–water partition coefficient (Wildman–Crippen LogP) is 3.44. The van der Waals surface area contributed by atoms with E-state index in [1.54, 1.807) is 18.8 Å². The first-order valence-electron chi connectivity index (χ1n) is 9.30. The van der Waals surface area contributed by atoms with E-state index in [1.807, 2.05) is 32.0 Å². The number of nitrogens with one attached hydrogen (secondary N) is 1. The summed E-state index contributed by atoms with van der Waals surface area (Å²) in [4.78, 5) is 15.5. The van der Waals surface area contributed by atoms with Gasteiger partial charge in [0.15, 0.2) is 5.09 Å². The third-order valence-corrected chi connectivity index (χ3v) is 5.26. The van der Waals surface area contributed by atoms with Gasteiger partial charge in [0.2, 0.25) is 0 Å². The molecule has 148 valence electrons. The summed E-state index contributed by atoms with van der Waals surface area (Å²) in [6.45, 7) is 6.90. The van der Waals surface area contributed by atoms with Gasteiger partial charge in [-0.05, 0) is 32.0 Å².